The van der Waals surface area contributed by atoms with E-state index in [0.717, 1.165) is 45.9 Å². The van der Waals surface area contributed by atoms with Gasteiger partial charge in [0.05, 0.1) is 11.4 Å². The Kier molecular flexibility index (Phi) is 2.67. The van der Waals surface area contributed by atoms with Gasteiger partial charge in [0.15, 0.2) is 0 Å². The van der Waals surface area contributed by atoms with Crippen molar-refractivity contribution < 1.29 is 0 Å². The highest BCUT2D eigenvalue weighted by atomic mass is 15.1. The van der Waals surface area contributed by atoms with Crippen LogP contribution in [-0.2, 0) is 6.42 Å². The Morgan fingerprint density at radius 3 is 2.71 bits per heavy atom. The molecule has 1 aliphatic rings. The summed E-state index contributed by atoms with van der Waals surface area (Å²) >= 11 is 0. The summed E-state index contributed by atoms with van der Waals surface area (Å²) in [5.74, 6) is 0. The van der Waals surface area contributed by atoms with E-state index in [1.54, 1.807) is 0 Å². The van der Waals surface area contributed by atoms with Gasteiger partial charge in [0.25, 0.3) is 0 Å². The quantitative estimate of drug-likeness (QED) is 0.778. The summed E-state index contributed by atoms with van der Waals surface area (Å²) in [6.07, 6.45) is 4.57. The normalized spacial score (nSPS) is 13.1. The van der Waals surface area contributed by atoms with Gasteiger partial charge in [-0.05, 0) is 18.6 Å². The van der Waals surface area contributed by atoms with Crippen molar-refractivity contribution in [1.29, 1.82) is 0 Å². The van der Waals surface area contributed by atoms with E-state index in [9.17, 15) is 0 Å². The second kappa shape index (κ2) is 4.66. The number of aromatic amines is 1. The third kappa shape index (κ3) is 2.05. The van der Waals surface area contributed by atoms with Crippen LogP contribution < -0.4 is 0 Å². The molecule has 0 fully saturated rings. The maximum atomic E-state index is 4.81. The van der Waals surface area contributed by atoms with E-state index in [1.807, 2.05) is 43.6 Å². The molecule has 1 aromatic carbocycles. The molecule has 4 heteroatoms. The number of pyridine rings is 1. The van der Waals surface area contributed by atoms with Gasteiger partial charge in [-0.25, -0.2) is 4.99 Å². The summed E-state index contributed by atoms with van der Waals surface area (Å²) in [6, 6.07) is 12.3. The van der Waals surface area contributed by atoms with Gasteiger partial charge in [-0.2, -0.15) is 5.10 Å². The van der Waals surface area contributed by atoms with Gasteiger partial charge in [-0.1, -0.05) is 30.3 Å². The van der Waals surface area contributed by atoms with Crippen molar-refractivity contribution >= 4 is 11.4 Å². The fourth-order valence-electron chi connectivity index (χ4n) is 2.66. The van der Waals surface area contributed by atoms with E-state index in [2.05, 4.69) is 27.3 Å². The first-order valence-electron chi connectivity index (χ1n) is 6.93. The highest BCUT2D eigenvalue weighted by Gasteiger charge is 2.21. The lowest BCUT2D eigenvalue weighted by atomic mass is 10.0. The SMILES string of the molecule is Cc1cc(C2=Nc3c(cncc3-c3ccccc3)C2)n[nH]1. The van der Waals surface area contributed by atoms with Crippen LogP contribution in [0.3, 0.4) is 0 Å². The Bertz CT molecular complexity index is 831. The van der Waals surface area contributed by atoms with Crippen molar-refractivity contribution in [2.45, 2.75) is 13.3 Å². The second-order valence-corrected chi connectivity index (χ2v) is 5.23. The molecule has 4 nitrogen and oxygen atoms in total. The zero-order valence-corrected chi connectivity index (χ0v) is 11.7. The van der Waals surface area contributed by atoms with Gasteiger partial charge in [-0.15, -0.1) is 0 Å². The number of hydrogen-bond acceptors (Lipinski definition) is 3. The Labute approximate surface area is 122 Å². The lowest BCUT2D eigenvalue weighted by Crippen LogP contribution is -2.00. The van der Waals surface area contributed by atoms with Crippen molar-refractivity contribution in [1.82, 2.24) is 15.2 Å². The van der Waals surface area contributed by atoms with Crippen molar-refractivity contribution in [3.05, 3.63) is 65.7 Å². The summed E-state index contributed by atoms with van der Waals surface area (Å²) in [4.78, 5) is 9.17. The summed E-state index contributed by atoms with van der Waals surface area (Å²) in [5, 5.41) is 7.28. The van der Waals surface area contributed by atoms with Crippen molar-refractivity contribution in [3.63, 3.8) is 0 Å². The lowest BCUT2D eigenvalue weighted by molar-refractivity contribution is 1.04. The minimum absolute atomic E-state index is 0.785. The number of fused-ring (bicyclic) bond motifs is 1. The number of benzene rings is 1. The van der Waals surface area contributed by atoms with Crippen LogP contribution in [-0.4, -0.2) is 20.9 Å². The second-order valence-electron chi connectivity index (χ2n) is 5.23. The van der Waals surface area contributed by atoms with Crippen LogP contribution in [0, 0.1) is 6.92 Å². The average Bonchev–Trinajstić information content (AvgIpc) is 3.13. The van der Waals surface area contributed by atoms with E-state index < -0.39 is 0 Å². The van der Waals surface area contributed by atoms with E-state index in [1.165, 1.54) is 0 Å². The molecule has 0 saturated heterocycles. The van der Waals surface area contributed by atoms with Crippen LogP contribution in [0.25, 0.3) is 11.1 Å². The van der Waals surface area contributed by atoms with Crippen molar-refractivity contribution in [3.8, 4) is 11.1 Å². The molecule has 1 N–H and O–H groups in total. The van der Waals surface area contributed by atoms with Crippen LogP contribution in [0.5, 0.6) is 0 Å². The third-order valence-electron chi connectivity index (χ3n) is 3.68. The summed E-state index contributed by atoms with van der Waals surface area (Å²) < 4.78 is 0. The molecule has 0 radical (unpaired) electrons. The molecule has 0 amide bonds. The van der Waals surface area contributed by atoms with Crippen LogP contribution >= 0.6 is 0 Å². The number of nitrogens with zero attached hydrogens (tertiary/aromatic N) is 3. The number of aromatic nitrogens is 3. The predicted octanol–water partition coefficient (Wildman–Crippen LogP) is 3.46. The molecule has 0 aliphatic carbocycles. The highest BCUT2D eigenvalue weighted by molar-refractivity contribution is 6.06. The first-order chi connectivity index (χ1) is 10.3. The van der Waals surface area contributed by atoms with Gasteiger partial charge < -0.3 is 0 Å². The van der Waals surface area contributed by atoms with Gasteiger partial charge >= 0.3 is 0 Å². The predicted molar refractivity (Wildman–Crippen MR) is 82.9 cm³/mol. The Morgan fingerprint density at radius 2 is 1.95 bits per heavy atom. The maximum Gasteiger partial charge on any atom is 0.107 e. The van der Waals surface area contributed by atoms with E-state index in [-0.39, 0.29) is 0 Å². The Balaban J connectivity index is 1.82. The van der Waals surface area contributed by atoms with Crippen LogP contribution in [0.4, 0.5) is 5.69 Å². The molecule has 1 aliphatic heterocycles. The smallest absolute Gasteiger partial charge is 0.107 e. The summed E-state index contributed by atoms with van der Waals surface area (Å²) in [5.41, 5.74) is 7.37. The van der Waals surface area contributed by atoms with E-state index in [4.69, 9.17) is 4.99 Å². The molecular formula is C17H14N4. The minimum Gasteiger partial charge on any atom is -0.282 e. The van der Waals surface area contributed by atoms with Crippen LogP contribution in [0.15, 0.2) is 53.8 Å². The van der Waals surface area contributed by atoms with Gasteiger partial charge in [0, 0.05) is 35.6 Å². The topological polar surface area (TPSA) is 53.9 Å². The van der Waals surface area contributed by atoms with Crippen molar-refractivity contribution in [2.24, 2.45) is 4.99 Å². The first-order valence-corrected chi connectivity index (χ1v) is 6.93. The standard InChI is InChI=1S/C17H14N4/c1-11-7-16(21-20-11)15-8-13-9-18-10-14(17(13)19-15)12-5-3-2-4-6-12/h2-7,9-10H,8H2,1H3,(H,20,21). The largest absolute Gasteiger partial charge is 0.282 e. The van der Waals surface area contributed by atoms with Gasteiger partial charge in [-0.3, -0.25) is 10.1 Å². The maximum absolute atomic E-state index is 4.81. The first kappa shape index (κ1) is 12.0. The summed E-state index contributed by atoms with van der Waals surface area (Å²) in [6.45, 7) is 2.00. The number of hydrogen-bond donors (Lipinski definition) is 1. The van der Waals surface area contributed by atoms with Gasteiger partial charge in [0.1, 0.15) is 5.69 Å². The zero-order chi connectivity index (χ0) is 14.2. The lowest BCUT2D eigenvalue weighted by Gasteiger charge is -2.05. The minimum atomic E-state index is 0.785. The average molecular weight is 274 g/mol. The number of aliphatic imine (C=N–C) groups is 1. The van der Waals surface area contributed by atoms with Crippen LogP contribution in [0.1, 0.15) is 17.0 Å². The number of H-pyrrole nitrogens is 1. The molecule has 3 aromatic rings. The van der Waals surface area contributed by atoms with Crippen LogP contribution in [0.2, 0.25) is 0 Å². The van der Waals surface area contributed by atoms with Gasteiger partial charge in [0.2, 0.25) is 0 Å². The third-order valence-corrected chi connectivity index (χ3v) is 3.68. The fraction of sp³-hybridized carbons (Fsp3) is 0.118. The molecule has 0 bridgehead atoms. The number of rotatable bonds is 2. The molecule has 2 aromatic heterocycles. The highest BCUT2D eigenvalue weighted by Crippen LogP contribution is 2.37. The number of aryl methyl sites for hydroxylation is 1. The molecule has 0 unspecified atom stereocenters. The number of nitrogens with one attached hydrogen (secondary N) is 1. The monoisotopic (exact) mass is 274 g/mol. The molecule has 4 rings (SSSR count). The van der Waals surface area contributed by atoms with Crippen molar-refractivity contribution in [2.75, 3.05) is 0 Å². The van der Waals surface area contributed by atoms with E-state index in [0.29, 0.717) is 0 Å². The molecule has 0 spiro atoms. The molecule has 0 atom stereocenters. The molecule has 0 saturated carbocycles. The molecular weight excluding hydrogens is 260 g/mol. The van der Waals surface area contributed by atoms with E-state index >= 15 is 0 Å². The molecule has 102 valence electrons. The Morgan fingerprint density at radius 1 is 1.10 bits per heavy atom. The molecule has 3 heterocycles. The Hall–Kier alpha value is -2.75. The zero-order valence-electron chi connectivity index (χ0n) is 11.7. The fourth-order valence-corrected chi connectivity index (χ4v) is 2.66. The molecule has 21 heavy (non-hydrogen) atoms. The summed E-state index contributed by atoms with van der Waals surface area (Å²) in [7, 11) is 0.